The second kappa shape index (κ2) is 11.5. The maximum Gasteiger partial charge on any atom is 0.248 e. The molecule has 1 aromatic heterocycles. The molecule has 0 saturated carbocycles. The predicted octanol–water partition coefficient (Wildman–Crippen LogP) is 3.97. The van der Waals surface area contributed by atoms with E-state index in [1.807, 2.05) is 49.5 Å². The highest BCUT2D eigenvalue weighted by Gasteiger charge is 2.20. The van der Waals surface area contributed by atoms with E-state index in [1.54, 1.807) is 0 Å². The minimum Gasteiger partial charge on any atom is -0.486 e. The van der Waals surface area contributed by atoms with Crippen LogP contribution in [-0.4, -0.2) is 60.2 Å². The van der Waals surface area contributed by atoms with Gasteiger partial charge in [-0.2, -0.15) is 0 Å². The number of anilines is 3. The monoisotopic (exact) mass is 471 g/mol. The van der Waals surface area contributed by atoms with Crippen molar-refractivity contribution >= 4 is 34.0 Å². The molecule has 1 aliphatic rings. The normalized spacial score (nSPS) is 15.4. The molecule has 1 amide bonds. The van der Waals surface area contributed by atoms with Crippen LogP contribution in [0.2, 0.25) is 0 Å². The van der Waals surface area contributed by atoms with E-state index < -0.39 is 0 Å². The van der Waals surface area contributed by atoms with Crippen LogP contribution in [0.3, 0.4) is 0 Å². The maximum absolute atomic E-state index is 12.7. The number of nitrogens with zero attached hydrogens (tertiary/aromatic N) is 3. The van der Waals surface area contributed by atoms with Crippen LogP contribution in [0, 0.1) is 12.3 Å². The summed E-state index contributed by atoms with van der Waals surface area (Å²) < 4.78 is 11.6. The van der Waals surface area contributed by atoms with Crippen molar-refractivity contribution in [3.63, 3.8) is 0 Å². The number of hydrogen-bond donors (Lipinski definition) is 2. The minimum atomic E-state index is -0.241. The third-order valence-corrected chi connectivity index (χ3v) is 5.69. The smallest absolute Gasteiger partial charge is 0.248 e. The van der Waals surface area contributed by atoms with Gasteiger partial charge in [-0.25, -0.2) is 9.97 Å². The van der Waals surface area contributed by atoms with E-state index in [1.165, 1.54) is 12.4 Å². The highest BCUT2D eigenvalue weighted by Crippen LogP contribution is 2.34. The van der Waals surface area contributed by atoms with Crippen LogP contribution in [0.1, 0.15) is 18.9 Å². The fraction of sp³-hybridized carbons (Fsp3) is 0.296. The Hall–Kier alpha value is -3.93. The summed E-state index contributed by atoms with van der Waals surface area (Å²) in [6.45, 7) is 4.81. The average Bonchev–Trinajstić information content (AvgIpc) is 3.38. The van der Waals surface area contributed by atoms with Gasteiger partial charge in [0.25, 0.3) is 0 Å². The quantitative estimate of drug-likeness (QED) is 0.361. The molecule has 2 heterocycles. The lowest BCUT2D eigenvalue weighted by atomic mass is 10.1. The largest absolute Gasteiger partial charge is 0.486 e. The number of terminal acetylenes is 1. The number of ether oxygens (including phenoxy) is 2. The first-order chi connectivity index (χ1) is 17.1. The predicted molar refractivity (Wildman–Crippen MR) is 138 cm³/mol. The first kappa shape index (κ1) is 24.2. The molecular weight excluding hydrogens is 442 g/mol. The van der Waals surface area contributed by atoms with Crippen LogP contribution in [0.5, 0.6) is 5.75 Å². The Bertz CT molecular complexity index is 1260. The van der Waals surface area contributed by atoms with E-state index >= 15 is 0 Å². The van der Waals surface area contributed by atoms with E-state index in [4.69, 9.17) is 15.9 Å². The second-order valence-electron chi connectivity index (χ2n) is 8.29. The molecule has 3 aromatic rings. The molecule has 1 atom stereocenters. The summed E-state index contributed by atoms with van der Waals surface area (Å²) in [5, 5.41) is 7.00. The number of hydrogen-bond acceptors (Lipinski definition) is 7. The third kappa shape index (κ3) is 6.35. The number of benzene rings is 2. The Morgan fingerprint density at radius 1 is 1.34 bits per heavy atom. The molecule has 4 rings (SSSR count). The average molecular weight is 472 g/mol. The molecule has 1 aliphatic heterocycles. The molecule has 0 spiro atoms. The summed E-state index contributed by atoms with van der Waals surface area (Å²) in [6, 6.07) is 11.2. The maximum atomic E-state index is 12.7. The van der Waals surface area contributed by atoms with Crippen molar-refractivity contribution in [1.82, 2.24) is 14.9 Å². The number of aromatic nitrogens is 2. The summed E-state index contributed by atoms with van der Waals surface area (Å²) in [6.07, 6.45) is 11.1. The molecule has 2 aromatic carbocycles. The van der Waals surface area contributed by atoms with Gasteiger partial charge >= 0.3 is 0 Å². The topological polar surface area (TPSA) is 88.6 Å². The summed E-state index contributed by atoms with van der Waals surface area (Å²) in [7, 11) is 2.00. The Labute approximate surface area is 205 Å². The zero-order valence-corrected chi connectivity index (χ0v) is 20.0. The summed E-state index contributed by atoms with van der Waals surface area (Å²) in [5.74, 6) is 3.53. The molecule has 0 bridgehead atoms. The Morgan fingerprint density at radius 3 is 3.00 bits per heavy atom. The van der Waals surface area contributed by atoms with Gasteiger partial charge < -0.3 is 25.0 Å². The number of amides is 1. The number of carbonyl (C=O) groups excluding carboxylic acids is 1. The molecule has 180 valence electrons. The SMILES string of the molecule is C#Cc1cccc(Nc2ncnc3cc(OC4CCOC4)c(NC(=O)C=CCN(C)CC)cc23)c1. The van der Waals surface area contributed by atoms with Crippen molar-refractivity contribution < 1.29 is 14.3 Å². The highest BCUT2D eigenvalue weighted by molar-refractivity contribution is 6.03. The fourth-order valence-electron chi connectivity index (χ4n) is 3.63. The van der Waals surface area contributed by atoms with Crippen molar-refractivity contribution in [2.24, 2.45) is 0 Å². The van der Waals surface area contributed by atoms with E-state index in [0.29, 0.717) is 42.5 Å². The molecule has 8 nitrogen and oxygen atoms in total. The van der Waals surface area contributed by atoms with Crippen LogP contribution in [-0.2, 0) is 9.53 Å². The third-order valence-electron chi connectivity index (χ3n) is 5.69. The number of likely N-dealkylation sites (N-methyl/N-ethyl adjacent to an activating group) is 1. The number of rotatable bonds is 9. The summed E-state index contributed by atoms with van der Waals surface area (Å²) >= 11 is 0. The second-order valence-corrected chi connectivity index (χ2v) is 8.29. The molecule has 1 saturated heterocycles. The van der Waals surface area contributed by atoms with Crippen molar-refractivity contribution in [2.45, 2.75) is 19.4 Å². The van der Waals surface area contributed by atoms with E-state index in [0.717, 1.165) is 29.6 Å². The standard InChI is InChI=1S/C27H29N5O3/c1-4-19-8-6-9-20(14-19)30-27-22-15-24(31-26(33)10-7-12-32(3)5-2)25(16-23(22)28-18-29-27)35-21-11-13-34-17-21/h1,6-10,14-16,18,21H,5,11-13,17H2,2-3H3,(H,31,33)(H,28,29,30). The van der Waals surface area contributed by atoms with E-state index in [9.17, 15) is 4.79 Å². The van der Waals surface area contributed by atoms with Gasteiger partial charge in [0.2, 0.25) is 5.91 Å². The molecule has 1 fully saturated rings. The van der Waals surface area contributed by atoms with Crippen LogP contribution in [0.4, 0.5) is 17.2 Å². The molecule has 0 aliphatic carbocycles. The lowest BCUT2D eigenvalue weighted by Gasteiger charge is -2.18. The lowest BCUT2D eigenvalue weighted by Crippen LogP contribution is -2.19. The van der Waals surface area contributed by atoms with Crippen molar-refractivity contribution in [2.75, 3.05) is 44.0 Å². The molecule has 0 radical (unpaired) electrons. The molecule has 2 N–H and O–H groups in total. The van der Waals surface area contributed by atoms with Gasteiger partial charge in [0.15, 0.2) is 0 Å². The van der Waals surface area contributed by atoms with Gasteiger partial charge in [0.05, 0.1) is 24.4 Å². The van der Waals surface area contributed by atoms with E-state index in [2.05, 4.69) is 38.3 Å². The molecule has 1 unspecified atom stereocenters. The van der Waals surface area contributed by atoms with Gasteiger partial charge in [0.1, 0.15) is 24.0 Å². The van der Waals surface area contributed by atoms with Gasteiger partial charge in [-0.3, -0.25) is 4.79 Å². The molecule has 35 heavy (non-hydrogen) atoms. The fourth-order valence-corrected chi connectivity index (χ4v) is 3.63. The number of fused-ring (bicyclic) bond motifs is 1. The number of carbonyl (C=O) groups is 1. The van der Waals surface area contributed by atoms with Crippen molar-refractivity contribution in [3.8, 4) is 18.1 Å². The zero-order chi connectivity index (χ0) is 24.6. The summed E-state index contributed by atoms with van der Waals surface area (Å²) in [5.41, 5.74) is 2.79. The zero-order valence-electron chi connectivity index (χ0n) is 20.0. The molecule has 8 heteroatoms. The van der Waals surface area contributed by atoms with E-state index in [-0.39, 0.29) is 12.0 Å². The number of nitrogens with one attached hydrogen (secondary N) is 2. The van der Waals surface area contributed by atoms with Gasteiger partial charge in [-0.05, 0) is 37.9 Å². The highest BCUT2D eigenvalue weighted by atomic mass is 16.5. The van der Waals surface area contributed by atoms with Crippen molar-refractivity contribution in [1.29, 1.82) is 0 Å². The van der Waals surface area contributed by atoms with Crippen LogP contribution >= 0.6 is 0 Å². The first-order valence-corrected chi connectivity index (χ1v) is 11.6. The Morgan fingerprint density at radius 2 is 2.23 bits per heavy atom. The lowest BCUT2D eigenvalue weighted by molar-refractivity contribution is -0.111. The summed E-state index contributed by atoms with van der Waals surface area (Å²) in [4.78, 5) is 23.6. The Balaban J connectivity index is 1.66. The first-order valence-electron chi connectivity index (χ1n) is 11.6. The van der Waals surface area contributed by atoms with Crippen molar-refractivity contribution in [3.05, 3.63) is 60.4 Å². The molecular formula is C27H29N5O3. The van der Waals surface area contributed by atoms with Crippen LogP contribution in [0.25, 0.3) is 10.9 Å². The Kier molecular flexibility index (Phi) is 7.93. The van der Waals surface area contributed by atoms with Gasteiger partial charge in [0, 0.05) is 41.7 Å². The van der Waals surface area contributed by atoms with Gasteiger partial charge in [-0.1, -0.05) is 25.0 Å². The minimum absolute atomic E-state index is 0.0808. The van der Waals surface area contributed by atoms with Crippen LogP contribution < -0.4 is 15.4 Å². The van der Waals surface area contributed by atoms with Crippen LogP contribution in [0.15, 0.2) is 54.9 Å². The van der Waals surface area contributed by atoms with Gasteiger partial charge in [-0.15, -0.1) is 6.42 Å².